The summed E-state index contributed by atoms with van der Waals surface area (Å²) in [5.41, 5.74) is 1.45. The average molecular weight is 412 g/mol. The molecule has 0 unspecified atom stereocenters. The summed E-state index contributed by atoms with van der Waals surface area (Å²) in [6.45, 7) is 4.44. The Morgan fingerprint density at radius 3 is 2.21 bits per heavy atom. The maximum absolute atomic E-state index is 13.1. The molecule has 0 amide bonds. The number of ether oxygens (including phenoxy) is 1. The molecule has 29 heavy (non-hydrogen) atoms. The van der Waals surface area contributed by atoms with Crippen LogP contribution in [0.25, 0.3) is 22.9 Å². The number of hydrogen-bond donors (Lipinski definition) is 0. The van der Waals surface area contributed by atoms with Crippen LogP contribution in [0.1, 0.15) is 25.0 Å². The molecular weight excluding hydrogens is 395 g/mol. The minimum atomic E-state index is -0.322. The van der Waals surface area contributed by atoms with Crippen molar-refractivity contribution >= 4 is 11.8 Å². The number of hydrogen-bond acceptors (Lipinski definition) is 8. The van der Waals surface area contributed by atoms with E-state index in [-0.39, 0.29) is 11.1 Å². The molecule has 0 radical (unpaired) electrons. The van der Waals surface area contributed by atoms with Gasteiger partial charge >= 0.3 is 0 Å². The number of nitrogens with zero attached hydrogens (tertiary/aromatic N) is 4. The van der Waals surface area contributed by atoms with E-state index in [0.29, 0.717) is 35.1 Å². The lowest BCUT2D eigenvalue weighted by Gasteiger charge is -2.03. The van der Waals surface area contributed by atoms with E-state index in [9.17, 15) is 4.39 Å². The van der Waals surface area contributed by atoms with Gasteiger partial charge in [-0.05, 0) is 62.4 Å². The minimum absolute atomic E-state index is 0.203. The van der Waals surface area contributed by atoms with E-state index in [1.165, 1.54) is 23.9 Å². The molecule has 0 N–H and O–H groups in total. The molecule has 0 aliphatic rings. The van der Waals surface area contributed by atoms with Crippen LogP contribution in [0.2, 0.25) is 0 Å². The van der Waals surface area contributed by atoms with Gasteiger partial charge in [0.05, 0.1) is 11.9 Å². The first-order chi connectivity index (χ1) is 14.1. The molecular formula is C20H17FN4O3S. The highest BCUT2D eigenvalue weighted by atomic mass is 32.2. The number of halogens is 1. The van der Waals surface area contributed by atoms with Crippen molar-refractivity contribution in [1.82, 2.24) is 20.4 Å². The first-order valence-electron chi connectivity index (χ1n) is 8.95. The summed E-state index contributed by atoms with van der Waals surface area (Å²) in [5, 5.41) is 16.4. The molecule has 9 heteroatoms. The minimum Gasteiger partial charge on any atom is -0.494 e. The van der Waals surface area contributed by atoms with Gasteiger partial charge in [0.15, 0.2) is 0 Å². The van der Waals surface area contributed by atoms with Gasteiger partial charge in [-0.15, -0.1) is 20.4 Å². The quantitative estimate of drug-likeness (QED) is 0.384. The van der Waals surface area contributed by atoms with Gasteiger partial charge in [0.2, 0.25) is 17.7 Å². The summed E-state index contributed by atoms with van der Waals surface area (Å²) in [6.07, 6.45) is 0. The smallest absolute Gasteiger partial charge is 0.277 e. The van der Waals surface area contributed by atoms with Crippen molar-refractivity contribution in [3.63, 3.8) is 0 Å². The van der Waals surface area contributed by atoms with Crippen molar-refractivity contribution < 1.29 is 18.0 Å². The number of aromatic nitrogens is 4. The summed E-state index contributed by atoms with van der Waals surface area (Å²) in [5.74, 6) is 1.62. The zero-order valence-electron chi connectivity index (χ0n) is 15.7. The third-order valence-electron chi connectivity index (χ3n) is 3.98. The number of benzene rings is 2. The Bertz CT molecular complexity index is 1080. The third-order valence-corrected chi connectivity index (χ3v) is 4.90. The van der Waals surface area contributed by atoms with E-state index < -0.39 is 0 Å². The third kappa shape index (κ3) is 4.45. The molecule has 2 heterocycles. The average Bonchev–Trinajstić information content (AvgIpc) is 3.39. The fourth-order valence-electron chi connectivity index (χ4n) is 2.54. The second kappa shape index (κ2) is 8.44. The van der Waals surface area contributed by atoms with Gasteiger partial charge in [-0.3, -0.25) is 0 Å². The fourth-order valence-corrected chi connectivity index (χ4v) is 3.26. The van der Waals surface area contributed by atoms with Crippen molar-refractivity contribution in [2.45, 2.75) is 24.3 Å². The van der Waals surface area contributed by atoms with Gasteiger partial charge in [0, 0.05) is 11.1 Å². The van der Waals surface area contributed by atoms with Crippen LogP contribution in [0.15, 0.2) is 62.6 Å². The van der Waals surface area contributed by atoms with Crippen LogP contribution in [-0.2, 0) is 0 Å². The lowest BCUT2D eigenvalue weighted by molar-refractivity contribution is 0.340. The fraction of sp³-hybridized carbons (Fsp3) is 0.200. The van der Waals surface area contributed by atoms with E-state index in [4.69, 9.17) is 13.6 Å². The predicted molar refractivity (Wildman–Crippen MR) is 105 cm³/mol. The van der Waals surface area contributed by atoms with Crippen molar-refractivity contribution in [3.05, 3.63) is 60.2 Å². The molecule has 0 fully saturated rings. The highest BCUT2D eigenvalue weighted by Gasteiger charge is 2.20. The Morgan fingerprint density at radius 1 is 0.897 bits per heavy atom. The van der Waals surface area contributed by atoms with Crippen LogP contribution in [0.5, 0.6) is 5.75 Å². The molecule has 2 aromatic carbocycles. The molecule has 0 aliphatic heterocycles. The van der Waals surface area contributed by atoms with Crippen LogP contribution in [0.3, 0.4) is 0 Å². The summed E-state index contributed by atoms with van der Waals surface area (Å²) in [7, 11) is 0. The standard InChI is InChI=1S/C20H17FN4O3S/c1-3-26-16-10-6-14(7-11-16)19-24-25-20(28-19)29-12(2)17-22-23-18(27-17)13-4-8-15(21)9-5-13/h4-12H,3H2,1-2H3/t12-/m0/s1. The van der Waals surface area contributed by atoms with Crippen LogP contribution in [-0.4, -0.2) is 27.0 Å². The first kappa shape index (κ1) is 19.1. The predicted octanol–water partition coefficient (Wildman–Crippen LogP) is 5.18. The molecule has 2 aromatic heterocycles. The molecule has 4 aromatic rings. The first-order valence-corrected chi connectivity index (χ1v) is 9.83. The molecule has 0 saturated carbocycles. The summed E-state index contributed by atoms with van der Waals surface area (Å²) >= 11 is 1.31. The van der Waals surface area contributed by atoms with E-state index in [2.05, 4.69) is 20.4 Å². The van der Waals surface area contributed by atoms with E-state index in [0.717, 1.165) is 11.3 Å². The molecule has 0 aliphatic carbocycles. The number of thioether (sulfide) groups is 1. The largest absolute Gasteiger partial charge is 0.494 e. The monoisotopic (exact) mass is 412 g/mol. The Morgan fingerprint density at radius 2 is 1.52 bits per heavy atom. The van der Waals surface area contributed by atoms with Gasteiger partial charge in [0.1, 0.15) is 11.6 Å². The van der Waals surface area contributed by atoms with Gasteiger partial charge in [0.25, 0.3) is 5.22 Å². The molecule has 0 spiro atoms. The van der Waals surface area contributed by atoms with Crippen LogP contribution < -0.4 is 4.74 Å². The lowest BCUT2D eigenvalue weighted by Crippen LogP contribution is -1.90. The van der Waals surface area contributed by atoms with Crippen molar-refractivity contribution in [1.29, 1.82) is 0 Å². The van der Waals surface area contributed by atoms with Gasteiger partial charge in [-0.2, -0.15) is 0 Å². The van der Waals surface area contributed by atoms with Crippen molar-refractivity contribution in [2.24, 2.45) is 0 Å². The zero-order valence-corrected chi connectivity index (χ0v) is 16.5. The second-order valence-electron chi connectivity index (χ2n) is 6.04. The molecule has 0 saturated heterocycles. The molecule has 4 rings (SSSR count). The highest BCUT2D eigenvalue weighted by Crippen LogP contribution is 2.35. The highest BCUT2D eigenvalue weighted by molar-refractivity contribution is 7.99. The maximum atomic E-state index is 13.1. The van der Waals surface area contributed by atoms with E-state index in [1.54, 1.807) is 12.1 Å². The zero-order chi connectivity index (χ0) is 20.2. The van der Waals surface area contributed by atoms with Crippen molar-refractivity contribution in [3.8, 4) is 28.7 Å². The van der Waals surface area contributed by atoms with Gasteiger partial charge in [-0.1, -0.05) is 11.8 Å². The van der Waals surface area contributed by atoms with Crippen LogP contribution in [0.4, 0.5) is 4.39 Å². The van der Waals surface area contributed by atoms with E-state index >= 15 is 0 Å². The summed E-state index contributed by atoms with van der Waals surface area (Å²) < 4.78 is 29.9. The summed E-state index contributed by atoms with van der Waals surface area (Å²) in [6, 6.07) is 13.3. The lowest BCUT2D eigenvalue weighted by atomic mass is 10.2. The molecule has 7 nitrogen and oxygen atoms in total. The second-order valence-corrected chi connectivity index (χ2v) is 7.33. The van der Waals surface area contributed by atoms with Crippen molar-refractivity contribution in [2.75, 3.05) is 6.61 Å². The Labute approximate surface area is 170 Å². The normalized spacial score (nSPS) is 12.1. The number of rotatable bonds is 7. The molecule has 148 valence electrons. The Hall–Kier alpha value is -3.20. The maximum Gasteiger partial charge on any atom is 0.277 e. The van der Waals surface area contributed by atoms with E-state index in [1.807, 2.05) is 38.1 Å². The van der Waals surface area contributed by atoms with Crippen LogP contribution in [0, 0.1) is 5.82 Å². The Kier molecular flexibility index (Phi) is 5.57. The van der Waals surface area contributed by atoms with Gasteiger partial charge < -0.3 is 13.6 Å². The van der Waals surface area contributed by atoms with Crippen LogP contribution >= 0.6 is 11.8 Å². The molecule has 1 atom stereocenters. The SMILES string of the molecule is CCOc1ccc(-c2nnc(S[C@@H](C)c3nnc(-c4ccc(F)cc4)o3)o2)cc1. The van der Waals surface area contributed by atoms with Gasteiger partial charge in [-0.25, -0.2) is 4.39 Å². The Balaban J connectivity index is 1.44. The topological polar surface area (TPSA) is 87.1 Å². The molecule has 0 bridgehead atoms. The summed E-state index contributed by atoms with van der Waals surface area (Å²) in [4.78, 5) is 0.